The minimum Gasteiger partial charge on any atom is -0.475 e. The van der Waals surface area contributed by atoms with Crippen molar-refractivity contribution in [2.24, 2.45) is 11.8 Å². The number of sulfonamides is 1. The van der Waals surface area contributed by atoms with Gasteiger partial charge in [-0.3, -0.25) is 4.79 Å². The number of amides is 1. The summed E-state index contributed by atoms with van der Waals surface area (Å²) in [7, 11) is -4.22. The maximum Gasteiger partial charge on any atom is 0.281 e. The van der Waals surface area contributed by atoms with Crippen LogP contribution in [0.2, 0.25) is 5.02 Å². The molecule has 11 heteroatoms. The van der Waals surface area contributed by atoms with Gasteiger partial charge in [0.25, 0.3) is 15.9 Å². The first kappa shape index (κ1) is 24.8. The van der Waals surface area contributed by atoms with E-state index in [9.17, 15) is 18.3 Å². The van der Waals surface area contributed by atoms with Gasteiger partial charge in [0, 0.05) is 50.1 Å². The number of carbonyl (C=O) groups is 1. The van der Waals surface area contributed by atoms with E-state index in [2.05, 4.69) is 14.6 Å². The molecule has 2 saturated heterocycles. The van der Waals surface area contributed by atoms with E-state index < -0.39 is 27.6 Å². The van der Waals surface area contributed by atoms with Crippen LogP contribution in [0.3, 0.4) is 0 Å². The van der Waals surface area contributed by atoms with Crippen molar-refractivity contribution in [3.05, 3.63) is 41.4 Å². The second-order valence-corrected chi connectivity index (χ2v) is 12.9. The molecule has 2 bridgehead atoms. The zero-order valence-electron chi connectivity index (χ0n) is 20.5. The zero-order valence-corrected chi connectivity index (χ0v) is 22.0. The molecule has 2 N–H and O–H groups in total. The summed E-state index contributed by atoms with van der Waals surface area (Å²) in [6.07, 6.45) is 4.68. The van der Waals surface area contributed by atoms with Gasteiger partial charge in [-0.15, -0.1) is 0 Å². The van der Waals surface area contributed by atoms with Crippen LogP contribution in [0.1, 0.15) is 38.5 Å². The van der Waals surface area contributed by atoms with Crippen LogP contribution in [0.15, 0.2) is 41.4 Å². The maximum atomic E-state index is 13.3. The number of ether oxygens (including phenoxy) is 1. The standard InChI is InChI=1S/C26H31ClN4O5S/c27-19-6-7-21(31-14-17-4-5-18(12-17)15-31)22(13-19)36-26(9-10-26)25(33)29-37(34,35)24-3-1-2-23(28-24)30-11-8-20(32)16-30/h1-3,6-7,13,17-18,20,32H,4-5,8-12,14-16H2,(H,29,33)/t17?,18?,20-/m0/s1. The number of halogens is 1. The molecule has 3 atom stereocenters. The van der Waals surface area contributed by atoms with Crippen LogP contribution in [0.25, 0.3) is 0 Å². The summed E-state index contributed by atoms with van der Waals surface area (Å²) in [6, 6.07) is 10.1. The lowest BCUT2D eigenvalue weighted by molar-refractivity contribution is -0.127. The summed E-state index contributed by atoms with van der Waals surface area (Å²) in [5.74, 6) is 1.58. The fourth-order valence-corrected chi connectivity index (χ4v) is 7.05. The lowest BCUT2D eigenvalue weighted by atomic mass is 9.98. The number of hydrogen-bond acceptors (Lipinski definition) is 8. The molecule has 0 radical (unpaired) electrons. The highest BCUT2D eigenvalue weighted by atomic mass is 35.5. The Morgan fingerprint density at radius 2 is 1.84 bits per heavy atom. The average Bonchev–Trinajstić information content (AvgIpc) is 3.40. The van der Waals surface area contributed by atoms with Gasteiger partial charge in [-0.25, -0.2) is 9.71 Å². The van der Waals surface area contributed by atoms with Gasteiger partial charge in [0.15, 0.2) is 10.6 Å². The number of nitrogens with zero attached hydrogens (tertiary/aromatic N) is 3. The van der Waals surface area contributed by atoms with Crippen LogP contribution in [0.5, 0.6) is 5.75 Å². The Kier molecular flexibility index (Phi) is 6.24. The van der Waals surface area contributed by atoms with Gasteiger partial charge in [-0.2, -0.15) is 8.42 Å². The van der Waals surface area contributed by atoms with Crippen molar-refractivity contribution in [1.29, 1.82) is 0 Å². The molecule has 2 saturated carbocycles. The quantitative estimate of drug-likeness (QED) is 0.545. The summed E-state index contributed by atoms with van der Waals surface area (Å²) in [5, 5.41) is 10.1. The largest absolute Gasteiger partial charge is 0.475 e. The summed E-state index contributed by atoms with van der Waals surface area (Å²) in [5.41, 5.74) is -0.372. The molecule has 1 aromatic carbocycles. The number of aliphatic hydroxyl groups is 1. The molecule has 3 heterocycles. The number of fused-ring (bicyclic) bond motifs is 2. The monoisotopic (exact) mass is 546 g/mol. The average molecular weight is 547 g/mol. The minimum atomic E-state index is -4.22. The fourth-order valence-electron chi connectivity index (χ4n) is 5.88. The maximum absolute atomic E-state index is 13.3. The molecule has 37 heavy (non-hydrogen) atoms. The van der Waals surface area contributed by atoms with Crippen molar-refractivity contribution in [3.63, 3.8) is 0 Å². The first-order chi connectivity index (χ1) is 17.7. The number of rotatable bonds is 7. The fraction of sp³-hybridized carbons (Fsp3) is 0.538. The zero-order chi connectivity index (χ0) is 25.8. The molecular weight excluding hydrogens is 516 g/mol. The van der Waals surface area contributed by atoms with Crippen LogP contribution in [0.4, 0.5) is 11.5 Å². The Hall–Kier alpha value is -2.56. The second kappa shape index (κ2) is 9.32. The third-order valence-corrected chi connectivity index (χ3v) is 9.46. The number of β-amino-alcohol motifs (C(OH)–C–C–N with tert-alkyl or cyclic N) is 1. The molecule has 2 aliphatic heterocycles. The summed E-state index contributed by atoms with van der Waals surface area (Å²) < 4.78 is 34.7. The van der Waals surface area contributed by atoms with Gasteiger partial charge in [0.2, 0.25) is 0 Å². The Balaban J connectivity index is 1.19. The molecule has 2 aromatic rings. The number of nitrogens with one attached hydrogen (secondary N) is 1. The van der Waals surface area contributed by atoms with E-state index in [1.807, 2.05) is 17.0 Å². The number of pyridine rings is 1. The Morgan fingerprint density at radius 3 is 2.51 bits per heavy atom. The lowest BCUT2D eigenvalue weighted by Gasteiger charge is -2.35. The Morgan fingerprint density at radius 1 is 1.08 bits per heavy atom. The van der Waals surface area contributed by atoms with Crippen molar-refractivity contribution in [2.45, 2.75) is 55.3 Å². The first-order valence-corrected chi connectivity index (χ1v) is 14.8. The second-order valence-electron chi connectivity index (χ2n) is 10.8. The molecule has 2 aliphatic carbocycles. The van der Waals surface area contributed by atoms with Gasteiger partial charge in [-0.1, -0.05) is 17.7 Å². The number of aliphatic hydroxyl groups excluding tert-OH is 1. The van der Waals surface area contributed by atoms with E-state index in [4.69, 9.17) is 16.3 Å². The number of carbonyl (C=O) groups excluding carboxylic acids is 1. The van der Waals surface area contributed by atoms with E-state index in [0.717, 1.165) is 18.8 Å². The van der Waals surface area contributed by atoms with Crippen molar-refractivity contribution >= 4 is 39.0 Å². The van der Waals surface area contributed by atoms with Crippen LogP contribution < -0.4 is 19.3 Å². The van der Waals surface area contributed by atoms with E-state index >= 15 is 0 Å². The summed E-state index contributed by atoms with van der Waals surface area (Å²) in [4.78, 5) is 21.6. The van der Waals surface area contributed by atoms with Gasteiger partial charge in [0.05, 0.1) is 11.8 Å². The molecule has 198 valence electrons. The molecule has 9 nitrogen and oxygen atoms in total. The topological polar surface area (TPSA) is 112 Å². The predicted molar refractivity (Wildman–Crippen MR) is 139 cm³/mol. The number of anilines is 2. The normalized spacial score (nSPS) is 26.3. The Bertz CT molecular complexity index is 1310. The number of benzene rings is 1. The van der Waals surface area contributed by atoms with Crippen molar-refractivity contribution < 1.29 is 23.1 Å². The van der Waals surface area contributed by atoms with Crippen molar-refractivity contribution in [3.8, 4) is 5.75 Å². The van der Waals surface area contributed by atoms with E-state index in [-0.39, 0.29) is 5.03 Å². The number of piperidine rings is 1. The highest BCUT2D eigenvalue weighted by molar-refractivity contribution is 7.90. The summed E-state index contributed by atoms with van der Waals surface area (Å²) >= 11 is 6.30. The molecular formula is C26H31ClN4O5S. The van der Waals surface area contributed by atoms with Gasteiger partial charge in [-0.05, 0) is 61.8 Å². The van der Waals surface area contributed by atoms with E-state index in [1.165, 1.54) is 25.3 Å². The Labute approximate surface area is 221 Å². The predicted octanol–water partition coefficient (Wildman–Crippen LogP) is 2.96. The molecule has 6 rings (SSSR count). The number of hydrogen-bond donors (Lipinski definition) is 2. The van der Waals surface area contributed by atoms with E-state index in [0.29, 0.717) is 60.8 Å². The third-order valence-electron chi connectivity index (χ3n) is 7.99. The molecule has 1 aromatic heterocycles. The van der Waals surface area contributed by atoms with Crippen molar-refractivity contribution in [2.75, 3.05) is 36.0 Å². The van der Waals surface area contributed by atoms with Crippen LogP contribution >= 0.6 is 11.6 Å². The van der Waals surface area contributed by atoms with Crippen molar-refractivity contribution in [1.82, 2.24) is 9.71 Å². The summed E-state index contributed by atoms with van der Waals surface area (Å²) in [6.45, 7) is 2.86. The highest BCUT2D eigenvalue weighted by Gasteiger charge is 2.54. The molecule has 1 amide bonds. The van der Waals surface area contributed by atoms with Gasteiger partial charge < -0.3 is 19.6 Å². The van der Waals surface area contributed by atoms with E-state index in [1.54, 1.807) is 18.2 Å². The number of aromatic nitrogens is 1. The first-order valence-electron chi connectivity index (χ1n) is 12.9. The minimum absolute atomic E-state index is 0.247. The SMILES string of the molecule is O=C(NS(=O)(=O)c1cccc(N2CC[C@H](O)C2)n1)C1(Oc2cc(Cl)ccc2N2CC3CCC(C3)C2)CC1. The molecule has 4 fully saturated rings. The molecule has 4 aliphatic rings. The third kappa shape index (κ3) is 4.98. The van der Waals surface area contributed by atoms with Crippen LogP contribution in [-0.2, 0) is 14.8 Å². The van der Waals surface area contributed by atoms with Crippen LogP contribution in [-0.4, -0.2) is 62.3 Å². The molecule has 0 spiro atoms. The molecule has 2 unspecified atom stereocenters. The lowest BCUT2D eigenvalue weighted by Crippen LogP contribution is -2.44. The van der Waals surface area contributed by atoms with Crippen LogP contribution in [0, 0.1) is 11.8 Å². The smallest absolute Gasteiger partial charge is 0.281 e. The highest BCUT2D eigenvalue weighted by Crippen LogP contribution is 2.46. The van der Waals surface area contributed by atoms with Gasteiger partial charge in [0.1, 0.15) is 11.6 Å². The van der Waals surface area contributed by atoms with Gasteiger partial charge >= 0.3 is 0 Å².